The van der Waals surface area contributed by atoms with Gasteiger partial charge in [0.25, 0.3) is 5.91 Å². The Morgan fingerprint density at radius 2 is 2.00 bits per heavy atom. The van der Waals surface area contributed by atoms with Gasteiger partial charge in [0.15, 0.2) is 0 Å². The molecule has 0 aromatic heterocycles. The zero-order valence-electron chi connectivity index (χ0n) is 12.3. The van der Waals surface area contributed by atoms with Gasteiger partial charge in [0.05, 0.1) is 11.1 Å². The van der Waals surface area contributed by atoms with Crippen LogP contribution in [-0.2, 0) is 0 Å². The van der Waals surface area contributed by atoms with Gasteiger partial charge < -0.3 is 10.6 Å². The van der Waals surface area contributed by atoms with Gasteiger partial charge in [-0.15, -0.1) is 6.42 Å². The molecule has 19 heavy (non-hydrogen) atoms. The van der Waals surface area contributed by atoms with Gasteiger partial charge >= 0.3 is 0 Å². The van der Waals surface area contributed by atoms with Crippen LogP contribution in [0.2, 0.25) is 0 Å². The van der Waals surface area contributed by atoms with Crippen molar-refractivity contribution in [3.05, 3.63) is 29.3 Å². The minimum atomic E-state index is -0.657. The number of carbonyl (C=O) groups is 1. The lowest BCUT2D eigenvalue weighted by atomic mass is 10.0. The van der Waals surface area contributed by atoms with Crippen LogP contribution in [0.1, 0.15) is 43.6 Å². The molecule has 0 aliphatic carbocycles. The van der Waals surface area contributed by atoms with Crippen LogP contribution in [0.15, 0.2) is 18.2 Å². The monoisotopic (exact) mass is 258 g/mol. The Bertz CT molecular complexity index is 510. The van der Waals surface area contributed by atoms with Crippen molar-refractivity contribution >= 4 is 11.6 Å². The summed E-state index contributed by atoms with van der Waals surface area (Å²) in [5.74, 6) is 2.41. The summed E-state index contributed by atoms with van der Waals surface area (Å²) in [6.07, 6.45) is 5.40. The van der Waals surface area contributed by atoms with Crippen LogP contribution >= 0.6 is 0 Å². The Balaban J connectivity index is 3.07. The van der Waals surface area contributed by atoms with E-state index < -0.39 is 5.54 Å². The van der Waals surface area contributed by atoms with Crippen molar-refractivity contribution in [1.29, 1.82) is 0 Å². The molecule has 3 nitrogen and oxygen atoms in total. The fourth-order valence-electron chi connectivity index (χ4n) is 1.67. The predicted molar refractivity (Wildman–Crippen MR) is 80.3 cm³/mol. The summed E-state index contributed by atoms with van der Waals surface area (Å²) < 4.78 is 0. The standard InChI is InChI=1S/C16H22N2O/c1-7-16(5,6)18-15(19)13-10-12(4)8-9-14(13)17-11(2)3/h1,8-11,17H,2-6H3,(H,18,19). The SMILES string of the molecule is C#CC(C)(C)NC(=O)c1cc(C)ccc1NC(C)C. The van der Waals surface area contributed by atoms with Crippen LogP contribution in [0.5, 0.6) is 0 Å². The van der Waals surface area contributed by atoms with E-state index >= 15 is 0 Å². The molecule has 0 unspecified atom stereocenters. The van der Waals surface area contributed by atoms with Gasteiger partial charge in [-0.05, 0) is 46.8 Å². The number of terminal acetylenes is 1. The van der Waals surface area contributed by atoms with E-state index in [4.69, 9.17) is 6.42 Å². The van der Waals surface area contributed by atoms with Crippen LogP contribution in [-0.4, -0.2) is 17.5 Å². The topological polar surface area (TPSA) is 41.1 Å². The lowest BCUT2D eigenvalue weighted by Crippen LogP contribution is -2.42. The van der Waals surface area contributed by atoms with Gasteiger partial charge in [0.1, 0.15) is 0 Å². The van der Waals surface area contributed by atoms with E-state index in [1.54, 1.807) is 13.8 Å². The lowest BCUT2D eigenvalue weighted by molar-refractivity contribution is 0.0930. The van der Waals surface area contributed by atoms with Crippen LogP contribution in [0.3, 0.4) is 0 Å². The van der Waals surface area contributed by atoms with E-state index in [-0.39, 0.29) is 11.9 Å². The third-order valence-electron chi connectivity index (χ3n) is 2.65. The van der Waals surface area contributed by atoms with Gasteiger partial charge in [0.2, 0.25) is 0 Å². The summed E-state index contributed by atoms with van der Waals surface area (Å²) in [6, 6.07) is 6.03. The van der Waals surface area contributed by atoms with Crippen molar-refractivity contribution in [2.75, 3.05) is 5.32 Å². The van der Waals surface area contributed by atoms with E-state index in [0.29, 0.717) is 5.56 Å². The van der Waals surface area contributed by atoms with Gasteiger partial charge in [-0.2, -0.15) is 0 Å². The maximum Gasteiger partial charge on any atom is 0.254 e. The number of carbonyl (C=O) groups excluding carboxylic acids is 1. The second kappa shape index (κ2) is 5.79. The molecule has 1 amide bonds. The highest BCUT2D eigenvalue weighted by atomic mass is 16.1. The largest absolute Gasteiger partial charge is 0.382 e. The van der Waals surface area contributed by atoms with Gasteiger partial charge in [-0.1, -0.05) is 17.6 Å². The summed E-state index contributed by atoms with van der Waals surface area (Å²) in [6.45, 7) is 9.63. The first-order valence-electron chi connectivity index (χ1n) is 6.42. The van der Waals surface area contributed by atoms with Gasteiger partial charge in [-0.3, -0.25) is 4.79 Å². The summed E-state index contributed by atoms with van der Waals surface area (Å²) >= 11 is 0. The Kier molecular flexibility index (Phi) is 4.61. The zero-order valence-corrected chi connectivity index (χ0v) is 12.3. The maximum atomic E-state index is 12.3. The van der Waals surface area contributed by atoms with Crippen molar-refractivity contribution in [2.24, 2.45) is 0 Å². The van der Waals surface area contributed by atoms with E-state index in [9.17, 15) is 4.79 Å². The molecule has 0 saturated heterocycles. The minimum absolute atomic E-state index is 0.158. The van der Waals surface area contributed by atoms with Gasteiger partial charge in [0, 0.05) is 11.7 Å². The Labute approximate surface area is 115 Å². The molecule has 0 radical (unpaired) electrons. The quantitative estimate of drug-likeness (QED) is 0.815. The van der Waals surface area contributed by atoms with Crippen LogP contribution in [0.4, 0.5) is 5.69 Å². The summed E-state index contributed by atoms with van der Waals surface area (Å²) in [5, 5.41) is 6.12. The molecule has 0 fully saturated rings. The first kappa shape index (κ1) is 15.1. The molecule has 3 heteroatoms. The Hall–Kier alpha value is -1.95. The summed E-state index contributed by atoms with van der Waals surface area (Å²) in [4.78, 5) is 12.3. The molecule has 102 valence electrons. The second-order valence-electron chi connectivity index (χ2n) is 5.57. The fourth-order valence-corrected chi connectivity index (χ4v) is 1.67. The molecular weight excluding hydrogens is 236 g/mol. The van der Waals surface area contributed by atoms with Crippen molar-refractivity contribution in [3.63, 3.8) is 0 Å². The highest BCUT2D eigenvalue weighted by Crippen LogP contribution is 2.19. The van der Waals surface area contributed by atoms with E-state index in [0.717, 1.165) is 11.3 Å². The molecule has 0 saturated carbocycles. The molecule has 1 aromatic carbocycles. The average Bonchev–Trinajstić information content (AvgIpc) is 2.30. The van der Waals surface area contributed by atoms with Crippen molar-refractivity contribution in [1.82, 2.24) is 5.32 Å². The summed E-state index contributed by atoms with van der Waals surface area (Å²) in [7, 11) is 0. The molecule has 1 rings (SSSR count). The molecule has 2 N–H and O–H groups in total. The zero-order chi connectivity index (χ0) is 14.6. The number of rotatable bonds is 4. The number of benzene rings is 1. The molecule has 0 bridgehead atoms. The predicted octanol–water partition coefficient (Wildman–Crippen LogP) is 2.96. The molecule has 0 heterocycles. The van der Waals surface area contributed by atoms with Crippen molar-refractivity contribution in [2.45, 2.75) is 46.2 Å². The average molecular weight is 258 g/mol. The number of hydrogen-bond acceptors (Lipinski definition) is 2. The number of nitrogens with one attached hydrogen (secondary N) is 2. The maximum absolute atomic E-state index is 12.3. The molecule has 1 aromatic rings. The first-order valence-corrected chi connectivity index (χ1v) is 6.42. The number of anilines is 1. The molecular formula is C16H22N2O. The van der Waals surface area contributed by atoms with Crippen molar-refractivity contribution in [3.8, 4) is 12.3 Å². The van der Waals surface area contributed by atoms with Crippen molar-refractivity contribution < 1.29 is 4.79 Å². The van der Waals surface area contributed by atoms with Crippen LogP contribution in [0.25, 0.3) is 0 Å². The smallest absolute Gasteiger partial charge is 0.254 e. The number of aryl methyl sites for hydroxylation is 1. The fraction of sp³-hybridized carbons (Fsp3) is 0.438. The third kappa shape index (κ3) is 4.33. The lowest BCUT2D eigenvalue weighted by Gasteiger charge is -2.21. The van der Waals surface area contributed by atoms with Crippen LogP contribution in [0, 0.1) is 19.3 Å². The Morgan fingerprint density at radius 3 is 2.53 bits per heavy atom. The third-order valence-corrected chi connectivity index (χ3v) is 2.65. The first-order chi connectivity index (χ1) is 8.75. The minimum Gasteiger partial charge on any atom is -0.382 e. The van der Waals surface area contributed by atoms with Gasteiger partial charge in [-0.25, -0.2) is 0 Å². The summed E-state index contributed by atoms with van der Waals surface area (Å²) in [5.41, 5.74) is 1.83. The molecule has 0 aliphatic rings. The normalized spacial score (nSPS) is 11.0. The highest BCUT2D eigenvalue weighted by molar-refractivity contribution is 6.00. The van der Waals surface area contributed by atoms with E-state index in [2.05, 4.69) is 16.6 Å². The van der Waals surface area contributed by atoms with Crippen LogP contribution < -0.4 is 10.6 Å². The second-order valence-corrected chi connectivity index (χ2v) is 5.57. The van der Waals surface area contributed by atoms with E-state index in [1.807, 2.05) is 39.0 Å². The number of hydrogen-bond donors (Lipinski definition) is 2. The van der Waals surface area contributed by atoms with E-state index in [1.165, 1.54) is 0 Å². The highest BCUT2D eigenvalue weighted by Gasteiger charge is 2.20. The molecule has 0 atom stereocenters. The number of amides is 1. The molecule has 0 spiro atoms. The Morgan fingerprint density at radius 1 is 1.37 bits per heavy atom. The molecule has 0 aliphatic heterocycles.